The molecule has 1 nitrogen and oxygen atoms in total. The van der Waals surface area contributed by atoms with Crippen molar-refractivity contribution in [1.82, 2.24) is 4.57 Å². The predicted octanol–water partition coefficient (Wildman–Crippen LogP) is 5.07. The predicted molar refractivity (Wildman–Crippen MR) is 74.0 cm³/mol. The van der Waals surface area contributed by atoms with E-state index in [9.17, 15) is 0 Å². The molecule has 1 aromatic carbocycles. The molecule has 86 valence electrons. The van der Waals surface area contributed by atoms with E-state index >= 15 is 0 Å². The summed E-state index contributed by atoms with van der Waals surface area (Å²) in [5, 5.41) is 1.37. The molecule has 2 aromatic rings. The van der Waals surface area contributed by atoms with Gasteiger partial charge in [-0.1, -0.05) is 35.3 Å². The Morgan fingerprint density at radius 3 is 2.81 bits per heavy atom. The highest BCUT2D eigenvalue weighted by atomic mass is 79.9. The largest absolute Gasteiger partial charge is 0.344 e. The molecule has 0 aliphatic heterocycles. The maximum Gasteiger partial charge on any atom is 0.0496 e. The monoisotopic (exact) mass is 279 g/mol. The molecule has 0 saturated carbocycles. The average molecular weight is 280 g/mol. The third kappa shape index (κ3) is 2.03. The van der Waals surface area contributed by atoms with Gasteiger partial charge in [-0.2, -0.15) is 0 Å². The number of aromatic nitrogens is 1. The van der Waals surface area contributed by atoms with Crippen molar-refractivity contribution < 1.29 is 0 Å². The van der Waals surface area contributed by atoms with Crippen molar-refractivity contribution in [1.29, 1.82) is 0 Å². The summed E-state index contributed by atoms with van der Waals surface area (Å²) in [4.78, 5) is 0. The topological polar surface area (TPSA) is 4.93 Å². The zero-order valence-corrected chi connectivity index (χ0v) is 11.7. The third-order valence-electron chi connectivity index (χ3n) is 3.18. The molecule has 0 aliphatic carbocycles. The first-order valence-corrected chi connectivity index (χ1v) is 6.69. The van der Waals surface area contributed by atoms with Crippen LogP contribution in [0.4, 0.5) is 0 Å². The molecule has 0 N–H and O–H groups in total. The Balaban J connectivity index is 2.56. The summed E-state index contributed by atoms with van der Waals surface area (Å²) < 4.78 is 3.56. The van der Waals surface area contributed by atoms with E-state index < -0.39 is 0 Å². The van der Waals surface area contributed by atoms with Gasteiger partial charge in [0.05, 0.1) is 0 Å². The zero-order chi connectivity index (χ0) is 11.7. The van der Waals surface area contributed by atoms with Crippen molar-refractivity contribution in [2.75, 3.05) is 0 Å². The molecule has 0 saturated heterocycles. The minimum absolute atomic E-state index is 0.579. The second-order valence-corrected chi connectivity index (χ2v) is 5.43. The molecule has 0 amide bonds. The van der Waals surface area contributed by atoms with E-state index in [-0.39, 0.29) is 0 Å². The van der Waals surface area contributed by atoms with Crippen LogP contribution in [0.1, 0.15) is 38.3 Å². The highest BCUT2D eigenvalue weighted by Gasteiger charge is 2.10. The molecule has 2 heteroatoms. The summed E-state index contributed by atoms with van der Waals surface area (Å²) in [7, 11) is 0. The van der Waals surface area contributed by atoms with E-state index in [4.69, 9.17) is 0 Å². The SMILES string of the molecule is CCCC(C)n1cc(C)c2ccc(Br)cc21. The van der Waals surface area contributed by atoms with Crippen LogP contribution in [0.2, 0.25) is 0 Å². The maximum atomic E-state index is 3.55. The molecule has 1 aromatic heterocycles. The Hall–Kier alpha value is -0.760. The van der Waals surface area contributed by atoms with Crippen LogP contribution in [0.25, 0.3) is 10.9 Å². The van der Waals surface area contributed by atoms with Crippen LogP contribution >= 0.6 is 15.9 Å². The van der Waals surface area contributed by atoms with Gasteiger partial charge in [0.2, 0.25) is 0 Å². The highest BCUT2D eigenvalue weighted by molar-refractivity contribution is 9.10. The number of nitrogens with zero attached hydrogens (tertiary/aromatic N) is 1. The Labute approximate surface area is 106 Å². The normalized spacial score (nSPS) is 13.2. The summed E-state index contributed by atoms with van der Waals surface area (Å²) in [5.41, 5.74) is 2.71. The number of halogens is 1. The van der Waals surface area contributed by atoms with E-state index in [1.165, 1.54) is 29.3 Å². The molecule has 1 unspecified atom stereocenters. The minimum atomic E-state index is 0.579. The fourth-order valence-electron chi connectivity index (χ4n) is 2.32. The van der Waals surface area contributed by atoms with Crippen molar-refractivity contribution in [3.63, 3.8) is 0 Å². The summed E-state index contributed by atoms with van der Waals surface area (Å²) in [6, 6.07) is 7.11. The molecule has 1 heterocycles. The Kier molecular flexibility index (Phi) is 3.38. The lowest BCUT2D eigenvalue weighted by molar-refractivity contribution is 0.514. The van der Waals surface area contributed by atoms with E-state index in [0.717, 1.165) is 4.47 Å². The number of aryl methyl sites for hydroxylation is 1. The number of fused-ring (bicyclic) bond motifs is 1. The molecule has 0 spiro atoms. The maximum absolute atomic E-state index is 3.55. The van der Waals surface area contributed by atoms with Crippen LogP contribution in [0.3, 0.4) is 0 Å². The fraction of sp³-hybridized carbons (Fsp3) is 0.429. The Bertz CT molecular complexity index is 499. The number of benzene rings is 1. The van der Waals surface area contributed by atoms with Gasteiger partial charge in [0.1, 0.15) is 0 Å². The lowest BCUT2D eigenvalue weighted by Gasteiger charge is -2.14. The van der Waals surface area contributed by atoms with Gasteiger partial charge in [-0.05, 0) is 38.0 Å². The van der Waals surface area contributed by atoms with Crippen molar-refractivity contribution in [2.45, 2.75) is 39.7 Å². The van der Waals surface area contributed by atoms with Gasteiger partial charge < -0.3 is 4.57 Å². The van der Waals surface area contributed by atoms with Crippen LogP contribution < -0.4 is 0 Å². The first-order valence-electron chi connectivity index (χ1n) is 5.90. The van der Waals surface area contributed by atoms with Crippen LogP contribution in [0.15, 0.2) is 28.9 Å². The van der Waals surface area contributed by atoms with Crippen molar-refractivity contribution in [2.24, 2.45) is 0 Å². The van der Waals surface area contributed by atoms with E-state index in [1.54, 1.807) is 0 Å². The van der Waals surface area contributed by atoms with Crippen LogP contribution in [-0.4, -0.2) is 4.57 Å². The summed E-state index contributed by atoms with van der Waals surface area (Å²) in [5.74, 6) is 0. The van der Waals surface area contributed by atoms with Gasteiger partial charge in [-0.25, -0.2) is 0 Å². The second-order valence-electron chi connectivity index (χ2n) is 4.52. The molecule has 0 aliphatic rings. The van der Waals surface area contributed by atoms with Gasteiger partial charge in [-0.15, -0.1) is 0 Å². The summed E-state index contributed by atoms with van der Waals surface area (Å²) in [6.07, 6.45) is 4.74. The van der Waals surface area contributed by atoms with E-state index in [0.29, 0.717) is 6.04 Å². The fourth-order valence-corrected chi connectivity index (χ4v) is 2.67. The average Bonchev–Trinajstić information content (AvgIpc) is 2.56. The molecule has 2 rings (SSSR count). The minimum Gasteiger partial charge on any atom is -0.344 e. The van der Waals surface area contributed by atoms with Crippen LogP contribution in [0.5, 0.6) is 0 Å². The number of hydrogen-bond acceptors (Lipinski definition) is 0. The van der Waals surface area contributed by atoms with Gasteiger partial charge in [-0.3, -0.25) is 0 Å². The summed E-state index contributed by atoms with van der Waals surface area (Å²) >= 11 is 3.55. The van der Waals surface area contributed by atoms with Crippen LogP contribution in [0, 0.1) is 6.92 Å². The van der Waals surface area contributed by atoms with Gasteiger partial charge in [0.25, 0.3) is 0 Å². The number of hydrogen-bond donors (Lipinski definition) is 0. The van der Waals surface area contributed by atoms with E-state index in [1.807, 2.05) is 0 Å². The van der Waals surface area contributed by atoms with Gasteiger partial charge in [0, 0.05) is 27.6 Å². The molecular formula is C14H18BrN. The van der Waals surface area contributed by atoms with Gasteiger partial charge >= 0.3 is 0 Å². The van der Waals surface area contributed by atoms with Gasteiger partial charge in [0.15, 0.2) is 0 Å². The zero-order valence-electron chi connectivity index (χ0n) is 10.1. The molecule has 16 heavy (non-hydrogen) atoms. The quantitative estimate of drug-likeness (QED) is 0.739. The Morgan fingerprint density at radius 2 is 2.12 bits per heavy atom. The lowest BCUT2D eigenvalue weighted by Crippen LogP contribution is -2.02. The molecule has 0 bridgehead atoms. The first kappa shape index (κ1) is 11.7. The second kappa shape index (κ2) is 4.62. The smallest absolute Gasteiger partial charge is 0.0496 e. The van der Waals surface area contributed by atoms with Crippen molar-refractivity contribution >= 4 is 26.8 Å². The highest BCUT2D eigenvalue weighted by Crippen LogP contribution is 2.28. The third-order valence-corrected chi connectivity index (χ3v) is 3.67. The van der Waals surface area contributed by atoms with E-state index in [2.05, 4.69) is 65.7 Å². The first-order chi connectivity index (χ1) is 7.63. The molecule has 0 fully saturated rings. The number of rotatable bonds is 3. The lowest BCUT2D eigenvalue weighted by atomic mass is 10.2. The van der Waals surface area contributed by atoms with Crippen molar-refractivity contribution in [3.05, 3.63) is 34.4 Å². The molecule has 0 radical (unpaired) electrons. The molecule has 1 atom stereocenters. The molecular weight excluding hydrogens is 262 g/mol. The Morgan fingerprint density at radius 1 is 1.38 bits per heavy atom. The summed E-state index contributed by atoms with van der Waals surface area (Å²) in [6.45, 7) is 6.72. The standard InChI is InChI=1S/C14H18BrN/c1-4-5-11(3)16-9-10(2)13-7-6-12(15)8-14(13)16/h6-9,11H,4-5H2,1-3H3. The van der Waals surface area contributed by atoms with Crippen LogP contribution in [-0.2, 0) is 0 Å². The van der Waals surface area contributed by atoms with Crippen molar-refractivity contribution in [3.8, 4) is 0 Å².